The van der Waals surface area contributed by atoms with Crippen molar-refractivity contribution >= 4 is 28.4 Å². The summed E-state index contributed by atoms with van der Waals surface area (Å²) in [5.41, 5.74) is 2.73. The first-order chi connectivity index (χ1) is 10.8. The average Bonchev–Trinajstić information content (AvgIpc) is 2.95. The number of nitrogens with one attached hydrogen (secondary N) is 1. The van der Waals surface area contributed by atoms with Gasteiger partial charge in [0.15, 0.2) is 5.82 Å². The van der Waals surface area contributed by atoms with Crippen LogP contribution in [0, 0.1) is 0 Å². The lowest BCUT2D eigenvalue weighted by molar-refractivity contribution is -0.115. The third-order valence-electron chi connectivity index (χ3n) is 3.38. The molecule has 1 aliphatic heterocycles. The van der Waals surface area contributed by atoms with Crippen LogP contribution in [0.5, 0.6) is 5.75 Å². The number of aromatic nitrogens is 3. The second-order valence-corrected chi connectivity index (χ2v) is 5.77. The summed E-state index contributed by atoms with van der Waals surface area (Å²) in [5, 5.41) is 11.0. The largest absolute Gasteiger partial charge is 0.485 e. The number of nitrogens with zero attached hydrogens (tertiary/aromatic N) is 3. The van der Waals surface area contributed by atoms with Crippen molar-refractivity contribution in [2.75, 3.05) is 11.2 Å². The predicted molar refractivity (Wildman–Crippen MR) is 83.4 cm³/mol. The number of rotatable bonds is 3. The number of benzene rings is 2. The Morgan fingerprint density at radius 2 is 2.05 bits per heavy atom. The summed E-state index contributed by atoms with van der Waals surface area (Å²) in [6, 6.07) is 13.9. The van der Waals surface area contributed by atoms with E-state index in [9.17, 15) is 4.79 Å². The van der Waals surface area contributed by atoms with Crippen LogP contribution < -0.4 is 10.2 Å². The molecule has 0 bridgehead atoms. The van der Waals surface area contributed by atoms with Gasteiger partial charge >= 0.3 is 0 Å². The van der Waals surface area contributed by atoms with Gasteiger partial charge in [0.2, 0.25) is 11.1 Å². The van der Waals surface area contributed by atoms with E-state index < -0.39 is 0 Å². The molecule has 1 aromatic heterocycles. The number of ether oxygens (including phenoxy) is 1. The van der Waals surface area contributed by atoms with Crippen molar-refractivity contribution in [2.45, 2.75) is 11.8 Å². The first-order valence-corrected chi connectivity index (χ1v) is 7.77. The molecule has 0 atom stereocenters. The molecule has 22 heavy (non-hydrogen) atoms. The zero-order valence-electron chi connectivity index (χ0n) is 11.5. The van der Waals surface area contributed by atoms with E-state index in [-0.39, 0.29) is 12.5 Å². The standard InChI is InChI=1S/C15H12N4O2S/c20-14-9-22-15-17-16-13(19(15)18-14)8-21-12-7-3-5-10-4-1-2-6-11(10)12/h1-7H,8-9H2,(H,18,20). The van der Waals surface area contributed by atoms with Crippen molar-refractivity contribution in [3.63, 3.8) is 0 Å². The maximum Gasteiger partial charge on any atom is 0.249 e. The number of thioether (sulfide) groups is 1. The van der Waals surface area contributed by atoms with Gasteiger partial charge in [0.05, 0.1) is 5.75 Å². The van der Waals surface area contributed by atoms with Crippen LogP contribution in [0.4, 0.5) is 0 Å². The Morgan fingerprint density at radius 3 is 3.00 bits per heavy atom. The number of hydrogen-bond donors (Lipinski definition) is 1. The van der Waals surface area contributed by atoms with Gasteiger partial charge in [-0.1, -0.05) is 48.2 Å². The fraction of sp³-hybridized carbons (Fsp3) is 0.133. The van der Waals surface area contributed by atoms with Crippen molar-refractivity contribution in [3.8, 4) is 5.75 Å². The summed E-state index contributed by atoms with van der Waals surface area (Å²) in [5.74, 6) is 1.65. The maximum absolute atomic E-state index is 11.5. The predicted octanol–water partition coefficient (Wildman–Crippen LogP) is 2.19. The van der Waals surface area contributed by atoms with Gasteiger partial charge in [-0.15, -0.1) is 10.2 Å². The highest BCUT2D eigenvalue weighted by atomic mass is 32.2. The number of carbonyl (C=O) groups is 1. The lowest BCUT2D eigenvalue weighted by Crippen LogP contribution is -2.31. The van der Waals surface area contributed by atoms with E-state index in [1.807, 2.05) is 42.5 Å². The average molecular weight is 312 g/mol. The summed E-state index contributed by atoms with van der Waals surface area (Å²) in [6.45, 7) is 0.238. The molecule has 0 saturated carbocycles. The van der Waals surface area contributed by atoms with Gasteiger partial charge in [0.25, 0.3) is 0 Å². The maximum atomic E-state index is 11.5. The van der Waals surface area contributed by atoms with Crippen LogP contribution in [-0.4, -0.2) is 26.5 Å². The minimum absolute atomic E-state index is 0.0660. The molecule has 4 rings (SSSR count). The van der Waals surface area contributed by atoms with Crippen LogP contribution in [0.2, 0.25) is 0 Å². The van der Waals surface area contributed by atoms with Gasteiger partial charge in [-0.05, 0) is 11.5 Å². The molecule has 0 spiro atoms. The number of hydrogen-bond acceptors (Lipinski definition) is 5. The van der Waals surface area contributed by atoms with Crippen LogP contribution >= 0.6 is 11.8 Å². The first kappa shape index (κ1) is 13.1. The van der Waals surface area contributed by atoms with Crippen molar-refractivity contribution < 1.29 is 9.53 Å². The van der Waals surface area contributed by atoms with E-state index in [1.54, 1.807) is 4.68 Å². The summed E-state index contributed by atoms with van der Waals surface area (Å²) >= 11 is 1.36. The molecule has 0 saturated heterocycles. The Morgan fingerprint density at radius 1 is 1.18 bits per heavy atom. The Kier molecular flexibility index (Phi) is 3.19. The molecule has 0 aliphatic carbocycles. The normalized spacial score (nSPS) is 13.7. The highest BCUT2D eigenvalue weighted by Gasteiger charge is 2.21. The van der Waals surface area contributed by atoms with Crippen molar-refractivity contribution in [1.29, 1.82) is 0 Å². The molecular weight excluding hydrogens is 300 g/mol. The zero-order chi connectivity index (χ0) is 14.9. The fourth-order valence-electron chi connectivity index (χ4n) is 2.35. The van der Waals surface area contributed by atoms with E-state index in [0.717, 1.165) is 16.5 Å². The van der Waals surface area contributed by atoms with Gasteiger partial charge in [-0.2, -0.15) is 0 Å². The summed E-state index contributed by atoms with van der Waals surface area (Å²) < 4.78 is 7.47. The van der Waals surface area contributed by atoms with E-state index in [4.69, 9.17) is 4.74 Å². The van der Waals surface area contributed by atoms with Crippen LogP contribution in [0.15, 0.2) is 47.6 Å². The summed E-state index contributed by atoms with van der Waals surface area (Å²) in [4.78, 5) is 11.5. The molecule has 1 aliphatic rings. The zero-order valence-corrected chi connectivity index (χ0v) is 12.3. The third-order valence-corrected chi connectivity index (χ3v) is 4.30. The van der Waals surface area contributed by atoms with Crippen LogP contribution in [0.3, 0.4) is 0 Å². The molecular formula is C15H12N4O2S. The van der Waals surface area contributed by atoms with Gasteiger partial charge < -0.3 is 4.74 Å². The smallest absolute Gasteiger partial charge is 0.249 e. The van der Waals surface area contributed by atoms with Gasteiger partial charge in [-0.25, -0.2) is 4.68 Å². The van der Waals surface area contributed by atoms with Crippen molar-refractivity contribution in [1.82, 2.24) is 14.9 Å². The molecule has 2 heterocycles. The molecule has 3 aromatic rings. The molecule has 110 valence electrons. The number of amides is 1. The monoisotopic (exact) mass is 312 g/mol. The first-order valence-electron chi connectivity index (χ1n) is 6.79. The topological polar surface area (TPSA) is 69.0 Å². The number of fused-ring (bicyclic) bond motifs is 2. The summed E-state index contributed by atoms with van der Waals surface area (Å²) in [6.07, 6.45) is 0. The molecule has 1 N–H and O–H groups in total. The molecule has 1 amide bonds. The van der Waals surface area contributed by atoms with E-state index in [2.05, 4.69) is 15.6 Å². The SMILES string of the molecule is O=C1CSc2nnc(COc3cccc4ccccc34)n2N1. The molecule has 0 radical (unpaired) electrons. The fourth-order valence-corrected chi connectivity index (χ4v) is 3.05. The molecule has 7 heteroatoms. The lowest BCUT2D eigenvalue weighted by atomic mass is 10.1. The second kappa shape index (κ2) is 5.34. The molecule has 6 nitrogen and oxygen atoms in total. The number of carbonyl (C=O) groups excluding carboxylic acids is 1. The second-order valence-electron chi connectivity index (χ2n) is 4.82. The van der Waals surface area contributed by atoms with E-state index in [1.165, 1.54) is 11.8 Å². The van der Waals surface area contributed by atoms with Crippen molar-refractivity contribution in [3.05, 3.63) is 48.3 Å². The van der Waals surface area contributed by atoms with E-state index >= 15 is 0 Å². The molecule has 0 fully saturated rings. The van der Waals surface area contributed by atoms with E-state index in [0.29, 0.717) is 16.7 Å². The lowest BCUT2D eigenvalue weighted by Gasteiger charge is -2.15. The van der Waals surface area contributed by atoms with Crippen LogP contribution in [0.1, 0.15) is 5.82 Å². The summed E-state index contributed by atoms with van der Waals surface area (Å²) in [7, 11) is 0. The third kappa shape index (κ3) is 2.29. The minimum Gasteiger partial charge on any atom is -0.485 e. The minimum atomic E-state index is -0.0660. The highest BCUT2D eigenvalue weighted by molar-refractivity contribution is 7.99. The Balaban J connectivity index is 1.60. The van der Waals surface area contributed by atoms with Gasteiger partial charge in [-0.3, -0.25) is 10.2 Å². The highest BCUT2D eigenvalue weighted by Crippen LogP contribution is 2.26. The molecule has 2 aromatic carbocycles. The molecule has 0 unspecified atom stereocenters. The van der Waals surface area contributed by atoms with Crippen molar-refractivity contribution in [2.24, 2.45) is 0 Å². The van der Waals surface area contributed by atoms with Crippen LogP contribution in [-0.2, 0) is 11.4 Å². The quantitative estimate of drug-likeness (QED) is 0.803. The van der Waals surface area contributed by atoms with Gasteiger partial charge in [0, 0.05) is 5.39 Å². The Hall–Kier alpha value is -2.54. The van der Waals surface area contributed by atoms with Crippen LogP contribution in [0.25, 0.3) is 10.8 Å². The van der Waals surface area contributed by atoms with Gasteiger partial charge in [0.1, 0.15) is 12.4 Å². The Bertz CT molecular complexity index is 856. The Labute approximate surface area is 130 Å².